The first-order chi connectivity index (χ1) is 8.39. The van der Waals surface area contributed by atoms with Crippen molar-refractivity contribution in [2.24, 2.45) is 0 Å². The summed E-state index contributed by atoms with van der Waals surface area (Å²) < 4.78 is 33.8. The number of thioether (sulfide) groups is 1. The molecule has 0 aromatic heterocycles. The average Bonchev–Trinajstić information content (AvgIpc) is 2.27. The number of carbonyl (C=O) groups is 1. The summed E-state index contributed by atoms with van der Waals surface area (Å²) in [7, 11) is -4.62. The van der Waals surface area contributed by atoms with E-state index in [0.717, 1.165) is 12.0 Å². The second-order valence-electron chi connectivity index (χ2n) is 3.54. The van der Waals surface area contributed by atoms with E-state index in [1.54, 1.807) is 6.08 Å². The first-order valence-electron chi connectivity index (χ1n) is 5.24. The first kappa shape index (κ1) is 14.9. The van der Waals surface area contributed by atoms with Crippen molar-refractivity contribution in [1.82, 2.24) is 0 Å². The Kier molecular flexibility index (Phi) is 5.55. The summed E-state index contributed by atoms with van der Waals surface area (Å²) in [6.45, 7) is 1.52. The number of rotatable bonds is 5. The van der Waals surface area contributed by atoms with Crippen molar-refractivity contribution in [3.8, 4) is 0 Å². The van der Waals surface area contributed by atoms with Gasteiger partial charge in [-0.3, -0.25) is 4.79 Å². The fourth-order valence-corrected chi connectivity index (χ4v) is 2.23. The van der Waals surface area contributed by atoms with E-state index in [1.165, 1.54) is 43.0 Å². The van der Waals surface area contributed by atoms with Crippen molar-refractivity contribution in [2.45, 2.75) is 18.2 Å². The van der Waals surface area contributed by atoms with Crippen LogP contribution in [0.15, 0.2) is 35.2 Å². The van der Waals surface area contributed by atoms with Crippen molar-refractivity contribution in [3.63, 3.8) is 0 Å². The van der Waals surface area contributed by atoms with Crippen molar-refractivity contribution in [3.05, 3.63) is 35.9 Å². The minimum atomic E-state index is -4.62. The topological polar surface area (TPSA) is 51.2 Å². The summed E-state index contributed by atoms with van der Waals surface area (Å²) in [5, 5.41) is 0.0842. The average molecular weight is 288 g/mol. The molecule has 0 aliphatic rings. The monoisotopic (exact) mass is 288 g/mol. The summed E-state index contributed by atoms with van der Waals surface area (Å²) in [6, 6.07) is 5.50. The molecule has 1 aromatic carbocycles. The lowest BCUT2D eigenvalue weighted by Crippen LogP contribution is -1.90. The largest absolute Gasteiger partial charge is 0.332 e. The maximum absolute atomic E-state index is 12.6. The van der Waals surface area contributed by atoms with Gasteiger partial charge in [-0.15, -0.1) is 3.89 Å². The highest BCUT2D eigenvalue weighted by Crippen LogP contribution is 2.14. The van der Waals surface area contributed by atoms with Crippen molar-refractivity contribution in [1.29, 1.82) is 0 Å². The summed E-state index contributed by atoms with van der Waals surface area (Å²) >= 11 is 1.25. The maximum atomic E-state index is 12.6. The lowest BCUT2D eigenvalue weighted by Gasteiger charge is -1.96. The molecule has 0 unspecified atom stereocenters. The van der Waals surface area contributed by atoms with Crippen LogP contribution in [0.5, 0.6) is 0 Å². The zero-order valence-electron chi connectivity index (χ0n) is 9.80. The van der Waals surface area contributed by atoms with E-state index in [9.17, 15) is 17.1 Å². The fourth-order valence-electron chi connectivity index (χ4n) is 1.23. The summed E-state index contributed by atoms with van der Waals surface area (Å²) in [4.78, 5) is 10.3. The zero-order chi connectivity index (χ0) is 13.6. The molecule has 0 bridgehead atoms. The van der Waals surface area contributed by atoms with Crippen LogP contribution in [-0.4, -0.2) is 19.3 Å². The molecule has 0 saturated heterocycles. The molecule has 0 heterocycles. The molecule has 1 aromatic rings. The molecule has 18 heavy (non-hydrogen) atoms. The van der Waals surface area contributed by atoms with E-state index in [2.05, 4.69) is 0 Å². The Balaban J connectivity index is 2.54. The van der Waals surface area contributed by atoms with Crippen LogP contribution in [0.2, 0.25) is 0 Å². The molecular formula is C12H13FO3S2. The van der Waals surface area contributed by atoms with Gasteiger partial charge < -0.3 is 0 Å². The van der Waals surface area contributed by atoms with E-state index < -0.39 is 10.2 Å². The lowest BCUT2D eigenvalue weighted by molar-refractivity contribution is -0.109. The Morgan fingerprint density at radius 3 is 2.44 bits per heavy atom. The van der Waals surface area contributed by atoms with Gasteiger partial charge >= 0.3 is 10.2 Å². The Labute approximate surface area is 110 Å². The van der Waals surface area contributed by atoms with Gasteiger partial charge in [0.2, 0.25) is 0 Å². The SMILES string of the molecule is CC(=O)SCCC=Cc1ccc(S(=O)(=O)F)cc1. The first-order valence-corrected chi connectivity index (χ1v) is 7.61. The van der Waals surface area contributed by atoms with E-state index in [1.807, 2.05) is 6.08 Å². The number of hydrogen-bond acceptors (Lipinski definition) is 4. The molecular weight excluding hydrogens is 275 g/mol. The zero-order valence-corrected chi connectivity index (χ0v) is 11.4. The Morgan fingerprint density at radius 1 is 1.33 bits per heavy atom. The van der Waals surface area contributed by atoms with Gasteiger partial charge in [0.05, 0.1) is 4.90 Å². The second kappa shape index (κ2) is 6.70. The third-order valence-corrected chi connectivity index (χ3v) is 3.74. The highest BCUT2D eigenvalue weighted by molar-refractivity contribution is 8.13. The van der Waals surface area contributed by atoms with Crippen LogP contribution in [0.1, 0.15) is 18.9 Å². The minimum absolute atomic E-state index is 0.0842. The molecule has 3 nitrogen and oxygen atoms in total. The molecule has 1 rings (SSSR count). The van der Waals surface area contributed by atoms with Crippen molar-refractivity contribution >= 4 is 33.2 Å². The quantitative estimate of drug-likeness (QED) is 0.617. The standard InChI is InChI=1S/C12H13FO3S2/c1-10(14)17-9-3-2-4-11-5-7-12(8-6-11)18(13,15)16/h2,4-8H,3,9H2,1H3. The second-order valence-corrected chi connectivity index (χ2v) is 6.16. The van der Waals surface area contributed by atoms with E-state index in [0.29, 0.717) is 5.75 Å². The fraction of sp³-hybridized carbons (Fsp3) is 0.250. The van der Waals surface area contributed by atoms with Crippen LogP contribution in [0.25, 0.3) is 6.08 Å². The summed E-state index contributed by atoms with van der Waals surface area (Å²) in [5.74, 6) is 0.711. The van der Waals surface area contributed by atoms with Crippen molar-refractivity contribution in [2.75, 3.05) is 5.75 Å². The van der Waals surface area contributed by atoms with Crippen LogP contribution in [0.3, 0.4) is 0 Å². The third-order valence-electron chi connectivity index (χ3n) is 2.06. The summed E-state index contributed by atoms with van der Waals surface area (Å²) in [6.07, 6.45) is 4.43. The number of allylic oxidation sites excluding steroid dienone is 1. The van der Waals surface area contributed by atoms with Gasteiger partial charge in [0, 0.05) is 12.7 Å². The normalized spacial score (nSPS) is 11.9. The predicted octanol–water partition coefficient (Wildman–Crippen LogP) is 3.03. The Bertz CT molecular complexity index is 533. The van der Waals surface area contributed by atoms with E-state index in [4.69, 9.17) is 0 Å². The van der Waals surface area contributed by atoms with Crippen LogP contribution in [-0.2, 0) is 15.0 Å². The third kappa shape index (κ3) is 5.46. The molecule has 98 valence electrons. The van der Waals surface area contributed by atoms with Crippen molar-refractivity contribution < 1.29 is 17.1 Å². The highest BCUT2D eigenvalue weighted by atomic mass is 32.3. The van der Waals surface area contributed by atoms with Gasteiger partial charge in [-0.1, -0.05) is 36.0 Å². The Morgan fingerprint density at radius 2 is 1.94 bits per heavy atom. The van der Waals surface area contributed by atoms with Gasteiger partial charge in [-0.25, -0.2) is 0 Å². The minimum Gasteiger partial charge on any atom is -0.288 e. The summed E-state index contributed by atoms with van der Waals surface area (Å²) in [5.41, 5.74) is 0.787. The van der Waals surface area contributed by atoms with Gasteiger partial charge in [0.25, 0.3) is 0 Å². The molecule has 0 amide bonds. The number of benzene rings is 1. The van der Waals surface area contributed by atoms with Gasteiger partial charge in [-0.2, -0.15) is 8.42 Å². The van der Waals surface area contributed by atoms with Gasteiger partial charge in [0.15, 0.2) is 5.12 Å². The highest BCUT2D eigenvalue weighted by Gasteiger charge is 2.09. The molecule has 0 radical (unpaired) electrons. The Hall–Kier alpha value is -1.14. The maximum Gasteiger partial charge on any atom is 0.332 e. The van der Waals surface area contributed by atoms with E-state index in [-0.39, 0.29) is 10.0 Å². The van der Waals surface area contributed by atoms with Gasteiger partial charge in [-0.05, 0) is 24.1 Å². The molecule has 0 fully saturated rings. The number of carbonyl (C=O) groups excluding carboxylic acids is 1. The molecule has 0 spiro atoms. The molecule has 0 aliphatic carbocycles. The molecule has 0 atom stereocenters. The van der Waals surface area contributed by atoms with Gasteiger partial charge in [0.1, 0.15) is 0 Å². The van der Waals surface area contributed by atoms with Crippen LogP contribution in [0, 0.1) is 0 Å². The molecule has 0 saturated carbocycles. The van der Waals surface area contributed by atoms with Crippen LogP contribution >= 0.6 is 11.8 Å². The van der Waals surface area contributed by atoms with Crippen LogP contribution < -0.4 is 0 Å². The number of halogens is 1. The molecule has 0 aliphatic heterocycles. The molecule has 0 N–H and O–H groups in total. The lowest BCUT2D eigenvalue weighted by atomic mass is 10.2. The molecule has 6 heteroatoms. The predicted molar refractivity (Wildman–Crippen MR) is 71.5 cm³/mol. The van der Waals surface area contributed by atoms with Crippen LogP contribution in [0.4, 0.5) is 3.89 Å². The number of hydrogen-bond donors (Lipinski definition) is 0. The van der Waals surface area contributed by atoms with E-state index >= 15 is 0 Å². The smallest absolute Gasteiger partial charge is 0.288 e.